The number of benzene rings is 1. The van der Waals surface area contributed by atoms with Gasteiger partial charge in [-0.2, -0.15) is 0 Å². The second-order valence-electron chi connectivity index (χ2n) is 4.12. The molecule has 1 aromatic carbocycles. The Bertz CT molecular complexity index is 325. The van der Waals surface area contributed by atoms with Crippen molar-refractivity contribution in [3.8, 4) is 0 Å². The summed E-state index contributed by atoms with van der Waals surface area (Å²) in [6.45, 7) is 8.40. The van der Waals surface area contributed by atoms with Gasteiger partial charge in [0.25, 0.3) is 0 Å². The van der Waals surface area contributed by atoms with Crippen molar-refractivity contribution in [2.75, 3.05) is 0 Å². The van der Waals surface area contributed by atoms with Crippen molar-refractivity contribution in [2.45, 2.75) is 19.1 Å². The molecule has 1 aromatic rings. The first kappa shape index (κ1) is 10.9. The Morgan fingerprint density at radius 2 is 1.86 bits per heavy atom. The van der Waals surface area contributed by atoms with Crippen molar-refractivity contribution in [3.63, 3.8) is 0 Å². The minimum Gasteiger partial charge on any atom is -0.298 e. The van der Waals surface area contributed by atoms with Crippen LogP contribution < -0.4 is 5.19 Å². The molecule has 0 bridgehead atoms. The van der Waals surface area contributed by atoms with E-state index in [2.05, 4.69) is 31.8 Å². The van der Waals surface area contributed by atoms with Crippen LogP contribution in [0.3, 0.4) is 0 Å². The highest BCUT2D eigenvalue weighted by atomic mass is 28.3. The minimum absolute atomic E-state index is 0.747. The fraction of sp³-hybridized carbons (Fsp3) is 0.250. The Kier molecular flexibility index (Phi) is 3.41. The highest BCUT2D eigenvalue weighted by molar-refractivity contribution is 6.90. The van der Waals surface area contributed by atoms with E-state index in [1.54, 1.807) is 0 Å². The van der Waals surface area contributed by atoms with Gasteiger partial charge in [-0.05, 0) is 6.04 Å². The summed E-state index contributed by atoms with van der Waals surface area (Å²) in [6.07, 6.45) is 2.87. The van der Waals surface area contributed by atoms with Crippen molar-refractivity contribution in [1.82, 2.24) is 0 Å². The largest absolute Gasteiger partial charge is 0.298 e. The monoisotopic (exact) mass is 204 g/mol. The van der Waals surface area contributed by atoms with Crippen LogP contribution in [0.1, 0.15) is 10.4 Å². The summed E-state index contributed by atoms with van der Waals surface area (Å²) in [5.74, 6) is 0. The van der Waals surface area contributed by atoms with Crippen molar-refractivity contribution in [3.05, 3.63) is 42.5 Å². The van der Waals surface area contributed by atoms with Crippen LogP contribution in [0.15, 0.2) is 36.9 Å². The van der Waals surface area contributed by atoms with E-state index < -0.39 is 8.07 Å². The molecule has 0 aliphatic carbocycles. The number of aldehydes is 1. The number of hydrogen-bond donors (Lipinski definition) is 0. The first-order valence-electron chi connectivity index (χ1n) is 4.77. The molecule has 1 rings (SSSR count). The normalized spacial score (nSPS) is 11.0. The number of carbonyl (C=O) groups is 1. The third-order valence-electron chi connectivity index (χ3n) is 2.48. The van der Waals surface area contributed by atoms with Gasteiger partial charge in [0.1, 0.15) is 6.29 Å². The van der Waals surface area contributed by atoms with Gasteiger partial charge in [0, 0.05) is 5.56 Å². The molecule has 0 saturated carbocycles. The average Bonchev–Trinajstić information content (AvgIpc) is 2.18. The maximum Gasteiger partial charge on any atom is 0.150 e. The molecule has 0 unspecified atom stereocenters. The van der Waals surface area contributed by atoms with Crippen LogP contribution in [-0.2, 0) is 0 Å². The molecule has 0 N–H and O–H groups in total. The zero-order chi connectivity index (χ0) is 10.6. The van der Waals surface area contributed by atoms with Gasteiger partial charge in [-0.25, -0.2) is 0 Å². The minimum atomic E-state index is -1.35. The van der Waals surface area contributed by atoms with Gasteiger partial charge in [0.2, 0.25) is 0 Å². The maximum atomic E-state index is 10.5. The highest BCUT2D eigenvalue weighted by Crippen LogP contribution is 2.10. The molecule has 1 nitrogen and oxygen atoms in total. The van der Waals surface area contributed by atoms with E-state index in [0.29, 0.717) is 0 Å². The Labute approximate surface area is 86.5 Å². The molecule has 0 amide bonds. The second kappa shape index (κ2) is 4.38. The molecule has 14 heavy (non-hydrogen) atoms. The quantitative estimate of drug-likeness (QED) is 0.418. The number of hydrogen-bond acceptors (Lipinski definition) is 1. The Morgan fingerprint density at radius 3 is 2.29 bits per heavy atom. The van der Waals surface area contributed by atoms with Crippen LogP contribution >= 0.6 is 0 Å². The van der Waals surface area contributed by atoms with E-state index in [-0.39, 0.29) is 0 Å². The third kappa shape index (κ3) is 2.42. The summed E-state index contributed by atoms with van der Waals surface area (Å²) in [7, 11) is -1.35. The lowest BCUT2D eigenvalue weighted by molar-refractivity contribution is 0.112. The zero-order valence-electron chi connectivity index (χ0n) is 8.79. The van der Waals surface area contributed by atoms with Crippen LogP contribution in [-0.4, -0.2) is 14.4 Å². The molecule has 0 saturated heterocycles. The fourth-order valence-electron chi connectivity index (χ4n) is 1.49. The van der Waals surface area contributed by atoms with Crippen molar-refractivity contribution < 1.29 is 4.79 Å². The van der Waals surface area contributed by atoms with Crippen molar-refractivity contribution >= 4 is 19.5 Å². The molecule has 0 aliphatic heterocycles. The summed E-state index contributed by atoms with van der Waals surface area (Å²) in [5, 5.41) is 1.38. The first-order valence-corrected chi connectivity index (χ1v) is 7.97. The lowest BCUT2D eigenvalue weighted by Crippen LogP contribution is -2.40. The van der Waals surface area contributed by atoms with Gasteiger partial charge in [0.15, 0.2) is 0 Å². The molecule has 0 aliphatic rings. The Morgan fingerprint density at radius 1 is 1.29 bits per heavy atom. The van der Waals surface area contributed by atoms with Crippen LogP contribution in [0.4, 0.5) is 0 Å². The molecule has 0 heterocycles. The lowest BCUT2D eigenvalue weighted by Gasteiger charge is -2.20. The van der Waals surface area contributed by atoms with E-state index in [4.69, 9.17) is 0 Å². The van der Waals surface area contributed by atoms with E-state index >= 15 is 0 Å². The predicted molar refractivity (Wildman–Crippen MR) is 63.9 cm³/mol. The predicted octanol–water partition coefficient (Wildman–Crippen LogP) is 2.60. The third-order valence-corrected chi connectivity index (χ3v) is 5.69. The maximum absolute atomic E-state index is 10.5. The summed E-state index contributed by atoms with van der Waals surface area (Å²) in [4.78, 5) is 10.5. The van der Waals surface area contributed by atoms with Crippen molar-refractivity contribution in [1.29, 1.82) is 0 Å². The molecule has 0 spiro atoms. The van der Waals surface area contributed by atoms with E-state index in [0.717, 1.165) is 17.9 Å². The summed E-state index contributed by atoms with van der Waals surface area (Å²) < 4.78 is 0. The van der Waals surface area contributed by atoms with E-state index in [1.807, 2.05) is 18.2 Å². The SMILES string of the molecule is C=CC[Si](C)(C)c1ccc(C=O)cc1. The second-order valence-corrected chi connectivity index (χ2v) is 8.87. The van der Waals surface area contributed by atoms with Crippen LogP contribution in [0, 0.1) is 0 Å². The smallest absolute Gasteiger partial charge is 0.150 e. The van der Waals surface area contributed by atoms with E-state index in [1.165, 1.54) is 5.19 Å². The Balaban J connectivity index is 2.95. The van der Waals surface area contributed by atoms with Crippen LogP contribution in [0.25, 0.3) is 0 Å². The molecular weight excluding hydrogens is 188 g/mol. The number of allylic oxidation sites excluding steroid dienone is 1. The average molecular weight is 204 g/mol. The Hall–Kier alpha value is -1.15. The van der Waals surface area contributed by atoms with Gasteiger partial charge >= 0.3 is 0 Å². The fourth-order valence-corrected chi connectivity index (χ4v) is 3.52. The molecule has 0 fully saturated rings. The van der Waals surface area contributed by atoms with Gasteiger partial charge in [-0.15, -0.1) is 6.58 Å². The number of carbonyl (C=O) groups excluding carboxylic acids is 1. The van der Waals surface area contributed by atoms with E-state index in [9.17, 15) is 4.79 Å². The number of rotatable bonds is 4. The van der Waals surface area contributed by atoms with Crippen molar-refractivity contribution in [2.24, 2.45) is 0 Å². The molecule has 0 radical (unpaired) electrons. The molecule has 74 valence electrons. The van der Waals surface area contributed by atoms with Gasteiger partial charge < -0.3 is 0 Å². The highest BCUT2D eigenvalue weighted by Gasteiger charge is 2.20. The standard InChI is InChI=1S/C12H16OSi/c1-4-9-14(2,3)12-7-5-11(10-13)6-8-12/h4-8,10H,1,9H2,2-3H3. The topological polar surface area (TPSA) is 17.1 Å². The van der Waals surface area contributed by atoms with Crippen LogP contribution in [0.5, 0.6) is 0 Å². The van der Waals surface area contributed by atoms with Crippen LogP contribution in [0.2, 0.25) is 19.1 Å². The zero-order valence-corrected chi connectivity index (χ0v) is 9.79. The molecule has 0 aromatic heterocycles. The molecular formula is C12H16OSi. The van der Waals surface area contributed by atoms with Gasteiger partial charge in [-0.1, -0.05) is 48.6 Å². The summed E-state index contributed by atoms with van der Waals surface area (Å²) in [5.41, 5.74) is 0.747. The lowest BCUT2D eigenvalue weighted by atomic mass is 10.2. The summed E-state index contributed by atoms with van der Waals surface area (Å²) in [6, 6.07) is 8.99. The molecule has 0 atom stereocenters. The first-order chi connectivity index (χ1) is 6.60. The molecule has 2 heteroatoms. The van der Waals surface area contributed by atoms with Gasteiger partial charge in [-0.3, -0.25) is 4.79 Å². The summed E-state index contributed by atoms with van der Waals surface area (Å²) >= 11 is 0. The van der Waals surface area contributed by atoms with Gasteiger partial charge in [0.05, 0.1) is 8.07 Å².